The van der Waals surface area contributed by atoms with Crippen LogP contribution in [0.25, 0.3) is 6.08 Å². The number of fused-ring (bicyclic) bond motifs is 1. The molecular formula is C15H9BrOS. The average molecular weight is 317 g/mol. The molecule has 0 atom stereocenters. The van der Waals surface area contributed by atoms with Crippen LogP contribution in [0.4, 0.5) is 0 Å². The van der Waals surface area contributed by atoms with E-state index in [1.807, 2.05) is 54.6 Å². The lowest BCUT2D eigenvalue weighted by Crippen LogP contribution is -1.93. The molecule has 2 aromatic carbocycles. The molecule has 0 aromatic heterocycles. The smallest absolute Gasteiger partial charge is 0.200 e. The summed E-state index contributed by atoms with van der Waals surface area (Å²) in [5, 5.41) is 0. The van der Waals surface area contributed by atoms with Crippen LogP contribution >= 0.6 is 27.7 Å². The van der Waals surface area contributed by atoms with E-state index in [2.05, 4.69) is 15.9 Å². The second-order valence-electron chi connectivity index (χ2n) is 3.97. The molecular weight excluding hydrogens is 308 g/mol. The van der Waals surface area contributed by atoms with Gasteiger partial charge in [-0.25, -0.2) is 0 Å². The number of benzene rings is 2. The van der Waals surface area contributed by atoms with Gasteiger partial charge in [0.15, 0.2) is 0 Å². The molecule has 0 bridgehead atoms. The van der Waals surface area contributed by atoms with Crippen LogP contribution < -0.4 is 0 Å². The first-order valence-electron chi connectivity index (χ1n) is 5.53. The monoisotopic (exact) mass is 316 g/mol. The molecule has 1 heterocycles. The van der Waals surface area contributed by atoms with E-state index < -0.39 is 0 Å². The maximum absolute atomic E-state index is 12.2. The Morgan fingerprint density at radius 3 is 2.50 bits per heavy atom. The molecule has 0 radical (unpaired) electrons. The molecule has 88 valence electrons. The van der Waals surface area contributed by atoms with Gasteiger partial charge in [-0.15, -0.1) is 0 Å². The van der Waals surface area contributed by atoms with Crippen LogP contribution in [-0.4, -0.2) is 5.78 Å². The third-order valence-electron chi connectivity index (χ3n) is 2.74. The standard InChI is InChI=1S/C15H9BrOS/c16-12-8-4-7-11-14(17)13(18-15(11)12)9-10-5-2-1-3-6-10/h1-9H. The van der Waals surface area contributed by atoms with Gasteiger partial charge in [-0.1, -0.05) is 48.2 Å². The Hall–Kier alpha value is -1.32. The summed E-state index contributed by atoms with van der Waals surface area (Å²) in [7, 11) is 0. The predicted octanol–water partition coefficient (Wildman–Crippen LogP) is 4.78. The van der Waals surface area contributed by atoms with Gasteiger partial charge in [0, 0.05) is 14.9 Å². The molecule has 0 unspecified atom stereocenters. The number of thioether (sulfide) groups is 1. The zero-order valence-electron chi connectivity index (χ0n) is 9.39. The number of carbonyl (C=O) groups excluding carboxylic acids is 1. The SMILES string of the molecule is O=C1C(=Cc2ccccc2)Sc2c(Br)cccc21. The van der Waals surface area contributed by atoms with Crippen LogP contribution in [0.5, 0.6) is 0 Å². The van der Waals surface area contributed by atoms with Gasteiger partial charge in [0.25, 0.3) is 0 Å². The number of hydrogen-bond acceptors (Lipinski definition) is 2. The summed E-state index contributed by atoms with van der Waals surface area (Å²) in [6, 6.07) is 15.6. The normalized spacial score (nSPS) is 16.1. The van der Waals surface area contributed by atoms with Crippen molar-refractivity contribution in [2.75, 3.05) is 0 Å². The van der Waals surface area contributed by atoms with E-state index in [0.717, 1.165) is 25.4 Å². The lowest BCUT2D eigenvalue weighted by atomic mass is 10.1. The van der Waals surface area contributed by atoms with Crippen LogP contribution in [0.1, 0.15) is 15.9 Å². The molecule has 2 aromatic rings. The minimum atomic E-state index is 0.111. The van der Waals surface area contributed by atoms with E-state index in [1.165, 1.54) is 11.8 Å². The fourth-order valence-corrected chi connectivity index (χ4v) is 3.54. The molecule has 0 amide bonds. The van der Waals surface area contributed by atoms with Gasteiger partial charge in [-0.3, -0.25) is 4.79 Å². The van der Waals surface area contributed by atoms with Crippen molar-refractivity contribution in [3.05, 3.63) is 69.0 Å². The maximum Gasteiger partial charge on any atom is 0.200 e. The van der Waals surface area contributed by atoms with E-state index in [4.69, 9.17) is 0 Å². The third-order valence-corrected chi connectivity index (χ3v) is 4.84. The van der Waals surface area contributed by atoms with Crippen molar-refractivity contribution >= 4 is 39.6 Å². The fourth-order valence-electron chi connectivity index (χ4n) is 1.88. The number of rotatable bonds is 1. The molecule has 3 rings (SSSR count). The Balaban J connectivity index is 2.03. The maximum atomic E-state index is 12.2. The highest BCUT2D eigenvalue weighted by molar-refractivity contribution is 9.10. The van der Waals surface area contributed by atoms with E-state index in [-0.39, 0.29) is 5.78 Å². The van der Waals surface area contributed by atoms with Gasteiger partial charge in [0.05, 0.1) is 4.91 Å². The molecule has 0 fully saturated rings. The highest BCUT2D eigenvalue weighted by Gasteiger charge is 2.27. The molecule has 0 aliphatic carbocycles. The van der Waals surface area contributed by atoms with E-state index in [9.17, 15) is 4.79 Å². The van der Waals surface area contributed by atoms with Crippen LogP contribution in [0, 0.1) is 0 Å². The Kier molecular flexibility index (Phi) is 3.10. The Labute approximate surface area is 118 Å². The van der Waals surface area contributed by atoms with Crippen molar-refractivity contribution in [3.63, 3.8) is 0 Å². The number of hydrogen-bond donors (Lipinski definition) is 0. The second kappa shape index (κ2) is 4.75. The van der Waals surface area contributed by atoms with Crippen molar-refractivity contribution in [1.29, 1.82) is 0 Å². The van der Waals surface area contributed by atoms with Gasteiger partial charge in [-0.05, 0) is 39.7 Å². The quantitative estimate of drug-likeness (QED) is 0.704. The Morgan fingerprint density at radius 1 is 1.00 bits per heavy atom. The summed E-state index contributed by atoms with van der Waals surface area (Å²) in [4.78, 5) is 14.0. The highest BCUT2D eigenvalue weighted by atomic mass is 79.9. The van der Waals surface area contributed by atoms with Gasteiger partial charge < -0.3 is 0 Å². The molecule has 1 aliphatic rings. The molecule has 3 heteroatoms. The Bertz CT molecular complexity index is 647. The molecule has 0 N–H and O–H groups in total. The fraction of sp³-hybridized carbons (Fsp3) is 0. The van der Waals surface area contributed by atoms with Crippen LogP contribution in [0.3, 0.4) is 0 Å². The Morgan fingerprint density at radius 2 is 1.78 bits per heavy atom. The number of Topliss-reactive ketones (excluding diaryl/α,β-unsaturated/α-hetero) is 1. The van der Waals surface area contributed by atoms with Crippen molar-refractivity contribution < 1.29 is 4.79 Å². The average Bonchev–Trinajstić information content (AvgIpc) is 2.70. The molecule has 0 saturated carbocycles. The first-order valence-corrected chi connectivity index (χ1v) is 7.14. The van der Waals surface area contributed by atoms with Crippen LogP contribution in [0.2, 0.25) is 0 Å². The lowest BCUT2D eigenvalue weighted by Gasteiger charge is -1.96. The van der Waals surface area contributed by atoms with Crippen LogP contribution in [0.15, 0.2) is 62.8 Å². The number of halogens is 1. The van der Waals surface area contributed by atoms with E-state index in [1.54, 1.807) is 0 Å². The largest absolute Gasteiger partial charge is 0.288 e. The molecule has 18 heavy (non-hydrogen) atoms. The summed E-state index contributed by atoms with van der Waals surface area (Å²) < 4.78 is 0.981. The first-order chi connectivity index (χ1) is 8.75. The number of ketones is 1. The summed E-state index contributed by atoms with van der Waals surface area (Å²) in [6.07, 6.45) is 1.94. The van der Waals surface area contributed by atoms with E-state index >= 15 is 0 Å². The topological polar surface area (TPSA) is 17.1 Å². The third kappa shape index (κ3) is 2.04. The zero-order valence-corrected chi connectivity index (χ0v) is 11.8. The second-order valence-corrected chi connectivity index (χ2v) is 5.87. The summed E-state index contributed by atoms with van der Waals surface area (Å²) in [5.41, 5.74) is 1.84. The molecule has 1 nitrogen and oxygen atoms in total. The van der Waals surface area contributed by atoms with Gasteiger partial charge in [0.2, 0.25) is 5.78 Å². The van der Waals surface area contributed by atoms with Gasteiger partial charge in [-0.2, -0.15) is 0 Å². The predicted molar refractivity (Wildman–Crippen MR) is 78.7 cm³/mol. The van der Waals surface area contributed by atoms with Crippen molar-refractivity contribution in [2.24, 2.45) is 0 Å². The molecule has 0 saturated heterocycles. The zero-order chi connectivity index (χ0) is 12.5. The summed E-state index contributed by atoms with van der Waals surface area (Å²) >= 11 is 5.02. The lowest BCUT2D eigenvalue weighted by molar-refractivity contribution is 0.104. The van der Waals surface area contributed by atoms with Crippen molar-refractivity contribution in [2.45, 2.75) is 4.90 Å². The van der Waals surface area contributed by atoms with Crippen molar-refractivity contribution in [1.82, 2.24) is 0 Å². The first kappa shape index (κ1) is 11.8. The van der Waals surface area contributed by atoms with Crippen LogP contribution in [-0.2, 0) is 0 Å². The molecule has 0 spiro atoms. The van der Waals surface area contributed by atoms with Crippen molar-refractivity contribution in [3.8, 4) is 0 Å². The number of carbonyl (C=O) groups is 1. The molecule has 1 aliphatic heterocycles. The van der Waals surface area contributed by atoms with Gasteiger partial charge in [0.1, 0.15) is 0 Å². The highest BCUT2D eigenvalue weighted by Crippen LogP contribution is 2.44. The summed E-state index contributed by atoms with van der Waals surface area (Å²) in [5.74, 6) is 0.111. The minimum Gasteiger partial charge on any atom is -0.288 e. The van der Waals surface area contributed by atoms with Gasteiger partial charge >= 0.3 is 0 Å². The summed E-state index contributed by atoms with van der Waals surface area (Å²) in [6.45, 7) is 0. The van der Waals surface area contributed by atoms with E-state index in [0.29, 0.717) is 0 Å². The minimum absolute atomic E-state index is 0.111. The number of allylic oxidation sites excluding steroid dienone is 1.